The highest BCUT2D eigenvalue weighted by atomic mass is 32.2. The Kier molecular flexibility index (Phi) is 5.37. The van der Waals surface area contributed by atoms with Crippen LogP contribution >= 0.6 is 0 Å². The van der Waals surface area contributed by atoms with Gasteiger partial charge in [0.1, 0.15) is 23.7 Å². The van der Waals surface area contributed by atoms with E-state index in [1.54, 1.807) is 13.2 Å². The molecule has 7 nitrogen and oxygen atoms in total. The molecule has 0 spiro atoms. The third-order valence-electron chi connectivity index (χ3n) is 4.13. The van der Waals surface area contributed by atoms with Crippen molar-refractivity contribution in [2.75, 3.05) is 35.8 Å². The lowest BCUT2D eigenvalue weighted by atomic mass is 10.1. The Morgan fingerprint density at radius 1 is 1.20 bits per heavy atom. The fourth-order valence-corrected chi connectivity index (χ4v) is 4.45. The summed E-state index contributed by atoms with van der Waals surface area (Å²) >= 11 is 0. The molecule has 0 saturated carbocycles. The summed E-state index contributed by atoms with van der Waals surface area (Å²) in [4.78, 5) is 8.37. The van der Waals surface area contributed by atoms with Gasteiger partial charge in [0.05, 0.1) is 18.6 Å². The van der Waals surface area contributed by atoms with Crippen molar-refractivity contribution in [1.29, 1.82) is 0 Å². The Hall–Kier alpha value is -2.35. The lowest BCUT2D eigenvalue weighted by Gasteiger charge is -2.12. The van der Waals surface area contributed by atoms with Crippen LogP contribution in [0.2, 0.25) is 0 Å². The van der Waals surface area contributed by atoms with Crippen LogP contribution in [0.3, 0.4) is 0 Å². The van der Waals surface area contributed by atoms with Gasteiger partial charge in [-0.3, -0.25) is 0 Å². The summed E-state index contributed by atoms with van der Waals surface area (Å²) in [7, 11) is -1.25. The molecule has 2 aromatic rings. The van der Waals surface area contributed by atoms with Gasteiger partial charge in [-0.2, -0.15) is 0 Å². The van der Waals surface area contributed by atoms with Crippen molar-refractivity contribution in [1.82, 2.24) is 9.97 Å². The molecule has 1 fully saturated rings. The van der Waals surface area contributed by atoms with Gasteiger partial charge in [-0.1, -0.05) is 12.1 Å². The van der Waals surface area contributed by atoms with Crippen molar-refractivity contribution in [3.8, 4) is 5.75 Å². The Bertz CT molecular complexity index is 809. The van der Waals surface area contributed by atoms with Gasteiger partial charge in [-0.15, -0.1) is 0 Å². The molecular formula is C17H22N4O3S. The molecule has 25 heavy (non-hydrogen) atoms. The van der Waals surface area contributed by atoms with E-state index in [-0.39, 0.29) is 17.5 Å². The summed E-state index contributed by atoms with van der Waals surface area (Å²) < 4.78 is 28.2. The Balaban J connectivity index is 1.51. The van der Waals surface area contributed by atoms with E-state index in [0.717, 1.165) is 18.7 Å². The quantitative estimate of drug-likeness (QED) is 0.775. The van der Waals surface area contributed by atoms with Crippen LogP contribution in [0.4, 0.5) is 11.6 Å². The van der Waals surface area contributed by atoms with Crippen LogP contribution in [-0.2, 0) is 16.3 Å². The van der Waals surface area contributed by atoms with E-state index in [4.69, 9.17) is 4.74 Å². The summed E-state index contributed by atoms with van der Waals surface area (Å²) in [6.07, 6.45) is 2.95. The smallest absolute Gasteiger partial charge is 0.152 e. The minimum atomic E-state index is -2.91. The zero-order chi connectivity index (χ0) is 17.7. The molecule has 0 radical (unpaired) electrons. The molecule has 1 aliphatic rings. The number of methoxy groups -OCH3 is 1. The maximum absolute atomic E-state index is 11.5. The van der Waals surface area contributed by atoms with Gasteiger partial charge in [-0.05, 0) is 30.5 Å². The second-order valence-corrected chi connectivity index (χ2v) is 8.29. The number of aromatic nitrogens is 2. The molecule has 0 bridgehead atoms. The maximum Gasteiger partial charge on any atom is 0.152 e. The van der Waals surface area contributed by atoms with Crippen LogP contribution in [0, 0.1) is 0 Å². The summed E-state index contributed by atoms with van der Waals surface area (Å²) in [5.41, 5.74) is 1.21. The lowest BCUT2D eigenvalue weighted by molar-refractivity contribution is 0.414. The summed E-state index contributed by atoms with van der Waals surface area (Å²) in [6.45, 7) is 0.737. The van der Waals surface area contributed by atoms with Gasteiger partial charge in [0.25, 0.3) is 0 Å². The predicted molar refractivity (Wildman–Crippen MR) is 97.9 cm³/mol. The molecule has 1 aliphatic heterocycles. The van der Waals surface area contributed by atoms with Gasteiger partial charge in [-0.25, -0.2) is 18.4 Å². The highest BCUT2D eigenvalue weighted by Gasteiger charge is 2.27. The van der Waals surface area contributed by atoms with Crippen LogP contribution in [0.15, 0.2) is 36.7 Å². The first-order valence-corrected chi connectivity index (χ1v) is 10.0. The Morgan fingerprint density at radius 3 is 2.64 bits per heavy atom. The van der Waals surface area contributed by atoms with E-state index in [2.05, 4.69) is 20.6 Å². The van der Waals surface area contributed by atoms with Crippen LogP contribution in [0.5, 0.6) is 5.75 Å². The van der Waals surface area contributed by atoms with E-state index in [1.165, 1.54) is 11.9 Å². The van der Waals surface area contributed by atoms with Crippen molar-refractivity contribution < 1.29 is 13.2 Å². The number of ether oxygens (including phenoxy) is 1. The molecule has 0 aliphatic carbocycles. The van der Waals surface area contributed by atoms with Crippen molar-refractivity contribution in [3.05, 3.63) is 42.2 Å². The van der Waals surface area contributed by atoms with Crippen LogP contribution in [0.1, 0.15) is 12.0 Å². The Labute approximate surface area is 147 Å². The fraction of sp³-hybridized carbons (Fsp3) is 0.412. The number of benzene rings is 1. The summed E-state index contributed by atoms with van der Waals surface area (Å²) in [5, 5.41) is 6.44. The Morgan fingerprint density at radius 2 is 1.96 bits per heavy atom. The molecule has 1 aromatic carbocycles. The van der Waals surface area contributed by atoms with E-state index in [9.17, 15) is 8.42 Å². The molecule has 1 saturated heterocycles. The van der Waals surface area contributed by atoms with Crippen LogP contribution in [0.25, 0.3) is 0 Å². The minimum Gasteiger partial charge on any atom is -0.497 e. The average Bonchev–Trinajstić information content (AvgIpc) is 2.94. The number of rotatable bonds is 7. The van der Waals surface area contributed by atoms with Crippen molar-refractivity contribution in [2.24, 2.45) is 0 Å². The molecule has 1 aromatic heterocycles. The molecule has 2 N–H and O–H groups in total. The van der Waals surface area contributed by atoms with E-state index in [1.807, 2.05) is 24.3 Å². The third-order valence-corrected chi connectivity index (χ3v) is 5.90. The number of nitrogens with zero attached hydrogens (tertiary/aromatic N) is 2. The highest BCUT2D eigenvalue weighted by Crippen LogP contribution is 2.17. The summed E-state index contributed by atoms with van der Waals surface area (Å²) in [5.74, 6) is 2.60. The van der Waals surface area contributed by atoms with Crippen LogP contribution < -0.4 is 15.4 Å². The van der Waals surface area contributed by atoms with E-state index in [0.29, 0.717) is 18.1 Å². The predicted octanol–water partition coefficient (Wildman–Crippen LogP) is 1.74. The normalized spacial score (nSPS) is 18.7. The number of nitrogens with one attached hydrogen (secondary N) is 2. The highest BCUT2D eigenvalue weighted by molar-refractivity contribution is 7.91. The van der Waals surface area contributed by atoms with Crippen LogP contribution in [-0.4, -0.2) is 49.6 Å². The largest absolute Gasteiger partial charge is 0.497 e. The molecule has 0 amide bonds. The fourth-order valence-electron chi connectivity index (χ4n) is 2.78. The molecule has 3 rings (SSSR count). The molecule has 2 heterocycles. The van der Waals surface area contributed by atoms with Gasteiger partial charge in [0, 0.05) is 18.7 Å². The SMILES string of the molecule is COc1ccc(CCNc2cc(NC3CCS(=O)(=O)C3)ncn2)cc1. The number of sulfone groups is 1. The summed E-state index contributed by atoms with van der Waals surface area (Å²) in [6, 6.07) is 9.68. The number of anilines is 2. The topological polar surface area (TPSA) is 93.2 Å². The molecule has 1 atom stereocenters. The standard InChI is InChI=1S/C17H22N4O3S/c1-24-15-4-2-13(3-5-15)6-8-18-16-10-17(20-12-19-16)21-14-7-9-25(22,23)11-14/h2-5,10,12,14H,6-9,11H2,1H3,(H2,18,19,20,21). The van der Waals surface area contributed by atoms with Gasteiger partial charge < -0.3 is 15.4 Å². The zero-order valence-electron chi connectivity index (χ0n) is 14.1. The first-order valence-electron chi connectivity index (χ1n) is 8.20. The molecular weight excluding hydrogens is 340 g/mol. The second kappa shape index (κ2) is 7.69. The number of hydrogen-bond donors (Lipinski definition) is 2. The monoisotopic (exact) mass is 362 g/mol. The van der Waals surface area contributed by atoms with Crippen molar-refractivity contribution in [2.45, 2.75) is 18.9 Å². The minimum absolute atomic E-state index is 0.0768. The van der Waals surface area contributed by atoms with Gasteiger partial charge in [0.15, 0.2) is 9.84 Å². The first kappa shape index (κ1) is 17.5. The lowest BCUT2D eigenvalue weighted by Crippen LogP contribution is -2.21. The van der Waals surface area contributed by atoms with Crippen molar-refractivity contribution in [3.63, 3.8) is 0 Å². The van der Waals surface area contributed by atoms with Gasteiger partial charge in [0.2, 0.25) is 0 Å². The van der Waals surface area contributed by atoms with Gasteiger partial charge >= 0.3 is 0 Å². The number of hydrogen-bond acceptors (Lipinski definition) is 7. The maximum atomic E-state index is 11.5. The van der Waals surface area contributed by atoms with E-state index >= 15 is 0 Å². The average molecular weight is 362 g/mol. The third kappa shape index (κ3) is 5.06. The zero-order valence-corrected chi connectivity index (χ0v) is 14.9. The van der Waals surface area contributed by atoms with E-state index < -0.39 is 9.84 Å². The second-order valence-electron chi connectivity index (χ2n) is 6.06. The first-order chi connectivity index (χ1) is 12.0. The van der Waals surface area contributed by atoms with Crippen molar-refractivity contribution >= 4 is 21.5 Å². The molecule has 8 heteroatoms. The molecule has 134 valence electrons. The molecule has 1 unspecified atom stereocenters.